The zero-order valence-corrected chi connectivity index (χ0v) is 15.8. The largest absolute Gasteiger partial charge is 0.477 e. The van der Waals surface area contributed by atoms with E-state index in [1.165, 1.54) is 0 Å². The van der Waals surface area contributed by atoms with Crippen molar-refractivity contribution in [1.82, 2.24) is 10.3 Å². The Balaban J connectivity index is 1.81. The molecule has 3 unspecified atom stereocenters. The summed E-state index contributed by atoms with van der Waals surface area (Å²) in [6.45, 7) is 9.03. The highest BCUT2D eigenvalue weighted by Crippen LogP contribution is 2.38. The quantitative estimate of drug-likeness (QED) is 0.726. The van der Waals surface area contributed by atoms with Gasteiger partial charge in [-0.05, 0) is 20.8 Å². The van der Waals surface area contributed by atoms with E-state index >= 15 is 0 Å². The molecule has 0 saturated carbocycles. The molecule has 1 amide bonds. The molecule has 26 heavy (non-hydrogen) atoms. The zero-order valence-electron chi connectivity index (χ0n) is 15.8. The molecule has 1 saturated heterocycles. The van der Waals surface area contributed by atoms with Crippen LogP contribution in [0.5, 0.6) is 5.88 Å². The zero-order chi connectivity index (χ0) is 19.1. The molecule has 3 rings (SSSR count). The summed E-state index contributed by atoms with van der Waals surface area (Å²) in [4.78, 5) is 18.5. The maximum Gasteiger partial charge on any atom is 0.408 e. The first kappa shape index (κ1) is 18.6. The van der Waals surface area contributed by atoms with Crippen LogP contribution in [0.25, 0.3) is 0 Å². The average Bonchev–Trinajstić information content (AvgIpc) is 2.98. The second-order valence-corrected chi connectivity index (χ2v) is 8.07. The standard InChI is InChI=1S/C18H28N4O4/c1-10-8-22(14-11-5-6-25-16(11)20-7-12(14)19)9-13(15(10)23)21-17(24)26-18(2,3)4/h7,10,13,15,23H,5-6,8-9,19H2,1-4H3,(H,21,24). The molecule has 4 N–H and O–H groups in total. The fraction of sp³-hybridized carbons (Fsp3) is 0.667. The third-order valence-corrected chi connectivity index (χ3v) is 4.67. The van der Waals surface area contributed by atoms with Crippen molar-refractivity contribution in [2.75, 3.05) is 30.3 Å². The van der Waals surface area contributed by atoms with Gasteiger partial charge in [0.25, 0.3) is 0 Å². The topological polar surface area (TPSA) is 110 Å². The van der Waals surface area contributed by atoms with Crippen LogP contribution in [0.4, 0.5) is 16.2 Å². The van der Waals surface area contributed by atoms with Crippen LogP contribution in [0.15, 0.2) is 6.20 Å². The van der Waals surface area contributed by atoms with Crippen LogP contribution in [-0.2, 0) is 11.2 Å². The molecule has 3 atom stereocenters. The van der Waals surface area contributed by atoms with Crippen molar-refractivity contribution in [3.63, 3.8) is 0 Å². The van der Waals surface area contributed by atoms with E-state index in [2.05, 4.69) is 15.2 Å². The van der Waals surface area contributed by atoms with Crippen molar-refractivity contribution >= 4 is 17.5 Å². The molecule has 0 spiro atoms. The van der Waals surface area contributed by atoms with Crippen molar-refractivity contribution in [3.05, 3.63) is 11.8 Å². The van der Waals surface area contributed by atoms with E-state index in [0.29, 0.717) is 31.3 Å². The Labute approximate surface area is 153 Å². The molecule has 2 aliphatic rings. The first-order valence-corrected chi connectivity index (χ1v) is 8.98. The van der Waals surface area contributed by atoms with Crippen molar-refractivity contribution < 1.29 is 19.4 Å². The van der Waals surface area contributed by atoms with Gasteiger partial charge >= 0.3 is 6.09 Å². The maximum atomic E-state index is 12.2. The van der Waals surface area contributed by atoms with Crippen LogP contribution in [-0.4, -0.2) is 53.6 Å². The Kier molecular flexibility index (Phi) is 4.88. The number of nitrogen functional groups attached to an aromatic ring is 1. The van der Waals surface area contributed by atoms with Gasteiger partial charge in [0, 0.05) is 31.0 Å². The first-order chi connectivity index (χ1) is 12.2. The van der Waals surface area contributed by atoms with Crippen LogP contribution in [0.1, 0.15) is 33.3 Å². The number of ether oxygens (including phenoxy) is 2. The highest BCUT2D eigenvalue weighted by atomic mass is 16.6. The van der Waals surface area contributed by atoms with Crippen LogP contribution < -0.4 is 20.7 Å². The number of nitrogens with two attached hydrogens (primary N) is 1. The monoisotopic (exact) mass is 364 g/mol. The SMILES string of the molecule is CC1CN(c2c(N)cnc3c2CCO3)CC(NC(=O)OC(C)(C)C)C1O. The number of hydrogen-bond acceptors (Lipinski definition) is 7. The smallest absolute Gasteiger partial charge is 0.408 e. The molecule has 144 valence electrons. The molecular weight excluding hydrogens is 336 g/mol. The van der Waals surface area contributed by atoms with E-state index in [9.17, 15) is 9.90 Å². The maximum absolute atomic E-state index is 12.2. The third kappa shape index (κ3) is 3.80. The minimum Gasteiger partial charge on any atom is -0.477 e. The van der Waals surface area contributed by atoms with E-state index in [4.69, 9.17) is 15.2 Å². The number of carbonyl (C=O) groups is 1. The highest BCUT2D eigenvalue weighted by molar-refractivity contribution is 5.74. The minimum absolute atomic E-state index is 0.0470. The number of pyridine rings is 1. The van der Waals surface area contributed by atoms with Crippen LogP contribution in [0.2, 0.25) is 0 Å². The molecule has 1 fully saturated rings. The third-order valence-electron chi connectivity index (χ3n) is 4.67. The Bertz CT molecular complexity index is 689. The molecule has 8 heteroatoms. The lowest BCUT2D eigenvalue weighted by Gasteiger charge is -2.42. The van der Waals surface area contributed by atoms with Crippen molar-refractivity contribution in [2.45, 2.75) is 51.9 Å². The Morgan fingerprint density at radius 3 is 2.88 bits per heavy atom. The van der Waals surface area contributed by atoms with Gasteiger partial charge in [-0.2, -0.15) is 0 Å². The Morgan fingerprint density at radius 2 is 2.19 bits per heavy atom. The fourth-order valence-corrected chi connectivity index (χ4v) is 3.56. The van der Waals surface area contributed by atoms with E-state index in [1.54, 1.807) is 27.0 Å². The molecule has 0 bridgehead atoms. The van der Waals surface area contributed by atoms with Gasteiger partial charge < -0.3 is 30.5 Å². The average molecular weight is 364 g/mol. The second kappa shape index (κ2) is 6.83. The molecule has 0 aliphatic carbocycles. The molecule has 2 aliphatic heterocycles. The minimum atomic E-state index is -0.661. The molecule has 1 aromatic rings. The molecule has 8 nitrogen and oxygen atoms in total. The summed E-state index contributed by atoms with van der Waals surface area (Å²) in [7, 11) is 0. The molecular formula is C18H28N4O4. The van der Waals surface area contributed by atoms with Gasteiger partial charge in [-0.15, -0.1) is 0 Å². The fourth-order valence-electron chi connectivity index (χ4n) is 3.56. The number of carbonyl (C=O) groups excluding carboxylic acids is 1. The number of hydrogen-bond donors (Lipinski definition) is 3. The number of piperidine rings is 1. The second-order valence-electron chi connectivity index (χ2n) is 8.07. The van der Waals surface area contributed by atoms with E-state index in [1.807, 2.05) is 6.92 Å². The van der Waals surface area contributed by atoms with Crippen LogP contribution in [0.3, 0.4) is 0 Å². The molecule has 0 radical (unpaired) electrons. The lowest BCUT2D eigenvalue weighted by atomic mass is 9.91. The number of fused-ring (bicyclic) bond motifs is 1. The number of aliphatic hydroxyl groups excluding tert-OH is 1. The number of aromatic nitrogens is 1. The van der Waals surface area contributed by atoms with Gasteiger partial charge in [0.2, 0.25) is 5.88 Å². The van der Waals surface area contributed by atoms with Crippen LogP contribution >= 0.6 is 0 Å². The Morgan fingerprint density at radius 1 is 1.46 bits per heavy atom. The van der Waals surface area contributed by atoms with Gasteiger partial charge in [0.1, 0.15) is 5.60 Å². The number of nitrogens with one attached hydrogen (secondary N) is 1. The first-order valence-electron chi connectivity index (χ1n) is 8.98. The number of anilines is 2. The van der Waals surface area contributed by atoms with Crippen molar-refractivity contribution in [3.8, 4) is 5.88 Å². The number of alkyl carbamates (subject to hydrolysis) is 1. The summed E-state index contributed by atoms with van der Waals surface area (Å²) in [6, 6.07) is -0.459. The summed E-state index contributed by atoms with van der Waals surface area (Å²) < 4.78 is 10.9. The number of nitrogens with zero attached hydrogens (tertiary/aromatic N) is 2. The number of aliphatic hydroxyl groups is 1. The van der Waals surface area contributed by atoms with Gasteiger partial charge in [-0.3, -0.25) is 0 Å². The normalized spacial score (nSPS) is 25.4. The summed E-state index contributed by atoms with van der Waals surface area (Å²) >= 11 is 0. The van der Waals surface area contributed by atoms with Gasteiger partial charge in [0.15, 0.2) is 0 Å². The van der Waals surface area contributed by atoms with Gasteiger partial charge in [0.05, 0.1) is 36.3 Å². The predicted octanol–water partition coefficient (Wildman–Crippen LogP) is 1.31. The lowest BCUT2D eigenvalue weighted by molar-refractivity contribution is 0.0303. The van der Waals surface area contributed by atoms with Crippen molar-refractivity contribution in [2.24, 2.45) is 5.92 Å². The summed E-state index contributed by atoms with van der Waals surface area (Å²) in [5, 5.41) is 13.3. The van der Waals surface area contributed by atoms with Gasteiger partial charge in [-0.25, -0.2) is 9.78 Å². The summed E-state index contributed by atoms with van der Waals surface area (Å²) in [5.41, 5.74) is 8.06. The van der Waals surface area contributed by atoms with E-state index in [-0.39, 0.29) is 5.92 Å². The van der Waals surface area contributed by atoms with Crippen molar-refractivity contribution in [1.29, 1.82) is 0 Å². The lowest BCUT2D eigenvalue weighted by Crippen LogP contribution is -2.59. The van der Waals surface area contributed by atoms with Crippen LogP contribution in [0, 0.1) is 5.92 Å². The summed E-state index contributed by atoms with van der Waals surface area (Å²) in [6.07, 6.45) is 1.16. The highest BCUT2D eigenvalue weighted by Gasteiger charge is 2.37. The van der Waals surface area contributed by atoms with E-state index in [0.717, 1.165) is 17.7 Å². The van der Waals surface area contributed by atoms with Gasteiger partial charge in [-0.1, -0.05) is 6.92 Å². The van der Waals surface area contributed by atoms with E-state index < -0.39 is 23.8 Å². The molecule has 1 aromatic heterocycles. The molecule has 0 aromatic carbocycles. The number of amides is 1. The molecule has 3 heterocycles. The Hall–Kier alpha value is -2.22. The summed E-state index contributed by atoms with van der Waals surface area (Å²) in [5.74, 6) is 0.568. The number of rotatable bonds is 2. The predicted molar refractivity (Wildman–Crippen MR) is 98.4 cm³/mol.